The van der Waals surface area contributed by atoms with Gasteiger partial charge in [0, 0.05) is 0 Å². The van der Waals surface area contributed by atoms with Crippen molar-refractivity contribution in [3.8, 4) is 5.75 Å². The van der Waals surface area contributed by atoms with Crippen LogP contribution in [0.15, 0.2) is 42.5 Å². The van der Waals surface area contributed by atoms with Gasteiger partial charge >= 0.3 is 7.12 Å². The number of halogens is 2. The highest BCUT2D eigenvalue weighted by Gasteiger charge is 2.51. The van der Waals surface area contributed by atoms with Gasteiger partial charge in [-0.3, -0.25) is 0 Å². The van der Waals surface area contributed by atoms with E-state index in [9.17, 15) is 4.39 Å². The second kappa shape index (κ2) is 6.63. The van der Waals surface area contributed by atoms with Crippen molar-refractivity contribution in [1.82, 2.24) is 0 Å². The summed E-state index contributed by atoms with van der Waals surface area (Å²) in [5.74, 6) is -0.417. The summed E-state index contributed by atoms with van der Waals surface area (Å²) in [6.07, 6.45) is 0. The lowest BCUT2D eigenvalue weighted by Gasteiger charge is -2.32. The molecular weight excluding hydrogens is 341 g/mol. The predicted octanol–water partition coefficient (Wildman–Crippen LogP) is 4.36. The van der Waals surface area contributed by atoms with Crippen molar-refractivity contribution >= 4 is 24.2 Å². The number of hydrogen-bond acceptors (Lipinski definition) is 3. The summed E-state index contributed by atoms with van der Waals surface area (Å²) in [6, 6.07) is 12.4. The van der Waals surface area contributed by atoms with Gasteiger partial charge in [0.05, 0.1) is 16.2 Å². The van der Waals surface area contributed by atoms with Crippen molar-refractivity contribution in [2.75, 3.05) is 0 Å². The molecule has 132 valence electrons. The van der Waals surface area contributed by atoms with E-state index in [0.29, 0.717) is 0 Å². The Labute approximate surface area is 153 Å². The molecule has 0 aromatic heterocycles. The normalized spacial score (nSPS) is 18.4. The van der Waals surface area contributed by atoms with E-state index >= 15 is 0 Å². The second-order valence-electron chi connectivity index (χ2n) is 7.17. The van der Waals surface area contributed by atoms with E-state index in [1.165, 1.54) is 6.07 Å². The number of hydrogen-bond donors (Lipinski definition) is 0. The van der Waals surface area contributed by atoms with Crippen LogP contribution in [0.3, 0.4) is 0 Å². The van der Waals surface area contributed by atoms with Gasteiger partial charge in [-0.2, -0.15) is 0 Å². The van der Waals surface area contributed by atoms with Crippen molar-refractivity contribution in [2.24, 2.45) is 0 Å². The van der Waals surface area contributed by atoms with Gasteiger partial charge in [-0.1, -0.05) is 41.9 Å². The van der Waals surface area contributed by atoms with Crippen LogP contribution in [0.5, 0.6) is 5.75 Å². The highest BCUT2D eigenvalue weighted by atomic mass is 35.5. The summed E-state index contributed by atoms with van der Waals surface area (Å²) >= 11 is 5.77. The number of rotatable bonds is 4. The van der Waals surface area contributed by atoms with Crippen LogP contribution in [0, 0.1) is 5.82 Å². The Bertz CT molecular complexity index is 763. The molecule has 0 saturated carbocycles. The zero-order chi connectivity index (χ0) is 18.2. The molecule has 1 fully saturated rings. The van der Waals surface area contributed by atoms with Crippen molar-refractivity contribution in [3.05, 3.63) is 58.9 Å². The highest BCUT2D eigenvalue weighted by Crippen LogP contribution is 2.36. The average molecular weight is 363 g/mol. The lowest BCUT2D eigenvalue weighted by molar-refractivity contribution is 0.00578. The summed E-state index contributed by atoms with van der Waals surface area (Å²) in [5, 5.41) is 0.0449. The summed E-state index contributed by atoms with van der Waals surface area (Å²) < 4.78 is 31.6. The maximum absolute atomic E-state index is 13.9. The first-order valence-electron chi connectivity index (χ1n) is 8.21. The van der Waals surface area contributed by atoms with Crippen molar-refractivity contribution in [1.29, 1.82) is 0 Å². The van der Waals surface area contributed by atoms with E-state index in [0.717, 1.165) is 11.0 Å². The van der Waals surface area contributed by atoms with Gasteiger partial charge in [0.2, 0.25) is 0 Å². The van der Waals surface area contributed by atoms with Crippen LogP contribution < -0.4 is 10.2 Å². The molecule has 0 spiro atoms. The summed E-state index contributed by atoms with van der Waals surface area (Å²) in [6.45, 7) is 8.29. The number of benzene rings is 2. The molecule has 1 aliphatic heterocycles. The monoisotopic (exact) mass is 362 g/mol. The molecule has 0 N–H and O–H groups in total. The third-order valence-electron chi connectivity index (χ3n) is 4.79. The maximum Gasteiger partial charge on any atom is 0.494 e. The Kier molecular flexibility index (Phi) is 4.84. The van der Waals surface area contributed by atoms with Gasteiger partial charge in [0.1, 0.15) is 6.61 Å². The van der Waals surface area contributed by atoms with E-state index in [1.54, 1.807) is 12.1 Å². The SMILES string of the molecule is CC1(C)OB(c2cccc(COc3cccc(Cl)c3F)c2)OC1(C)C. The minimum absolute atomic E-state index is 0.0449. The van der Waals surface area contributed by atoms with Gasteiger partial charge in [-0.05, 0) is 50.9 Å². The molecule has 1 aliphatic rings. The molecule has 0 aliphatic carbocycles. The van der Waals surface area contributed by atoms with Crippen molar-refractivity contribution in [3.63, 3.8) is 0 Å². The summed E-state index contributed by atoms with van der Waals surface area (Å²) in [4.78, 5) is 0. The van der Waals surface area contributed by atoms with Gasteiger partial charge < -0.3 is 14.0 Å². The molecule has 2 aromatic carbocycles. The summed E-state index contributed by atoms with van der Waals surface area (Å²) in [7, 11) is -0.437. The largest absolute Gasteiger partial charge is 0.494 e. The van der Waals surface area contributed by atoms with Crippen LogP contribution in [-0.2, 0) is 15.9 Å². The molecule has 0 bridgehead atoms. The van der Waals surface area contributed by atoms with Crippen LogP contribution in [0.25, 0.3) is 0 Å². The lowest BCUT2D eigenvalue weighted by atomic mass is 9.78. The quantitative estimate of drug-likeness (QED) is 0.757. The van der Waals surface area contributed by atoms with E-state index in [-0.39, 0.29) is 17.4 Å². The van der Waals surface area contributed by atoms with E-state index in [2.05, 4.69) is 0 Å². The molecule has 3 rings (SSSR count). The van der Waals surface area contributed by atoms with Gasteiger partial charge in [-0.15, -0.1) is 0 Å². The molecule has 6 heteroatoms. The van der Waals surface area contributed by atoms with Crippen molar-refractivity contribution < 1.29 is 18.4 Å². The van der Waals surface area contributed by atoms with E-state index in [4.69, 9.17) is 25.6 Å². The smallest absolute Gasteiger partial charge is 0.486 e. The molecular formula is C19H21BClFO3. The molecule has 0 amide bonds. The Morgan fingerprint density at radius 3 is 2.36 bits per heavy atom. The van der Waals surface area contributed by atoms with Gasteiger partial charge in [0.25, 0.3) is 0 Å². The standard InChI is InChI=1S/C19H21BClFO3/c1-18(2)19(3,4)25-20(24-18)14-8-5-7-13(11-14)12-23-16-10-6-9-15(21)17(16)22/h5-11H,12H2,1-4H3. The molecule has 2 aromatic rings. The Morgan fingerprint density at radius 2 is 1.68 bits per heavy atom. The molecule has 1 heterocycles. The number of ether oxygens (including phenoxy) is 1. The van der Waals surface area contributed by atoms with Crippen LogP contribution in [-0.4, -0.2) is 18.3 Å². The minimum Gasteiger partial charge on any atom is -0.486 e. The Morgan fingerprint density at radius 1 is 1.04 bits per heavy atom. The second-order valence-corrected chi connectivity index (χ2v) is 7.58. The van der Waals surface area contributed by atoms with Gasteiger partial charge in [-0.25, -0.2) is 4.39 Å². The first-order chi connectivity index (χ1) is 11.7. The predicted molar refractivity (Wildman–Crippen MR) is 97.9 cm³/mol. The lowest BCUT2D eigenvalue weighted by Crippen LogP contribution is -2.41. The van der Waals surface area contributed by atoms with Crippen LogP contribution in [0.2, 0.25) is 5.02 Å². The molecule has 0 atom stereocenters. The van der Waals surface area contributed by atoms with E-state index in [1.807, 2.05) is 52.0 Å². The summed E-state index contributed by atoms with van der Waals surface area (Å²) in [5.41, 5.74) is 1.01. The van der Waals surface area contributed by atoms with Crippen LogP contribution in [0.4, 0.5) is 4.39 Å². The molecule has 0 radical (unpaired) electrons. The fraction of sp³-hybridized carbons (Fsp3) is 0.368. The fourth-order valence-electron chi connectivity index (χ4n) is 2.57. The van der Waals surface area contributed by atoms with Crippen LogP contribution in [0.1, 0.15) is 33.3 Å². The topological polar surface area (TPSA) is 27.7 Å². The average Bonchev–Trinajstić information content (AvgIpc) is 2.77. The molecule has 25 heavy (non-hydrogen) atoms. The third-order valence-corrected chi connectivity index (χ3v) is 5.08. The highest BCUT2D eigenvalue weighted by molar-refractivity contribution is 6.62. The first kappa shape index (κ1) is 18.2. The Balaban J connectivity index is 1.73. The van der Waals surface area contributed by atoms with Crippen LogP contribution >= 0.6 is 11.6 Å². The third kappa shape index (κ3) is 3.69. The maximum atomic E-state index is 13.9. The van der Waals surface area contributed by atoms with Crippen molar-refractivity contribution in [2.45, 2.75) is 45.5 Å². The fourth-order valence-corrected chi connectivity index (χ4v) is 2.73. The van der Waals surface area contributed by atoms with E-state index < -0.39 is 24.1 Å². The minimum atomic E-state index is -0.550. The molecule has 1 saturated heterocycles. The molecule has 3 nitrogen and oxygen atoms in total. The van der Waals surface area contributed by atoms with Gasteiger partial charge in [0.15, 0.2) is 11.6 Å². The molecule has 0 unspecified atom stereocenters. The first-order valence-corrected chi connectivity index (χ1v) is 8.59. The Hall–Kier alpha value is -1.56. The zero-order valence-electron chi connectivity index (χ0n) is 14.8. The zero-order valence-corrected chi connectivity index (χ0v) is 15.6.